The molecule has 3 aromatic rings. The van der Waals surface area contributed by atoms with Crippen molar-refractivity contribution in [3.8, 4) is 11.3 Å². The summed E-state index contributed by atoms with van der Waals surface area (Å²) in [6.07, 6.45) is 3.49. The number of nitrogens with zero attached hydrogens (tertiary/aromatic N) is 2. The van der Waals surface area contributed by atoms with Gasteiger partial charge in [-0.15, -0.1) is 11.8 Å². The number of rotatable bonds is 4. The van der Waals surface area contributed by atoms with Gasteiger partial charge in [-0.3, -0.25) is 9.78 Å². The van der Waals surface area contributed by atoms with E-state index in [0.29, 0.717) is 28.1 Å². The topological polar surface area (TPSA) is 46.3 Å². The van der Waals surface area contributed by atoms with Gasteiger partial charge >= 0.3 is 0 Å². The number of carbonyl (C=O) groups excluding carboxylic acids is 1. The fourth-order valence-corrected chi connectivity index (χ4v) is 4.38. The van der Waals surface area contributed by atoms with Gasteiger partial charge in [-0.25, -0.2) is 0 Å². The van der Waals surface area contributed by atoms with Crippen molar-refractivity contribution < 1.29 is 9.21 Å². The van der Waals surface area contributed by atoms with Crippen LogP contribution in [0.2, 0.25) is 10.0 Å². The smallest absolute Gasteiger partial charge is 0.234 e. The zero-order valence-electron chi connectivity index (χ0n) is 13.6. The molecular formula is C19H14Cl2N2O2S. The Morgan fingerprint density at radius 1 is 1.23 bits per heavy atom. The summed E-state index contributed by atoms with van der Waals surface area (Å²) in [6.45, 7) is 0.498. The summed E-state index contributed by atoms with van der Waals surface area (Å²) in [7, 11) is 0. The number of hydrogen-bond donors (Lipinski definition) is 0. The summed E-state index contributed by atoms with van der Waals surface area (Å²) in [5.74, 6) is 1.87. The van der Waals surface area contributed by atoms with E-state index in [1.165, 1.54) is 0 Å². The van der Waals surface area contributed by atoms with Crippen LogP contribution in [0, 0.1) is 0 Å². The molecule has 1 amide bonds. The van der Waals surface area contributed by atoms with Gasteiger partial charge in [-0.2, -0.15) is 0 Å². The monoisotopic (exact) mass is 404 g/mol. The number of amides is 1. The second-order valence-electron chi connectivity index (χ2n) is 5.87. The van der Waals surface area contributed by atoms with Gasteiger partial charge in [0.05, 0.1) is 10.8 Å². The SMILES string of the molecule is O=C1CS[C@H](c2ccc(-c3cc(Cl)ccc3Cl)o2)N1Cc1cccnc1. The largest absolute Gasteiger partial charge is 0.458 e. The molecule has 1 aliphatic heterocycles. The van der Waals surface area contributed by atoms with Crippen molar-refractivity contribution in [2.45, 2.75) is 11.9 Å². The first-order valence-corrected chi connectivity index (χ1v) is 9.77. The third-order valence-electron chi connectivity index (χ3n) is 4.11. The van der Waals surface area contributed by atoms with Crippen LogP contribution in [0.25, 0.3) is 11.3 Å². The Labute approximate surface area is 165 Å². The van der Waals surface area contributed by atoms with Gasteiger partial charge in [-0.05, 0) is 42.0 Å². The summed E-state index contributed by atoms with van der Waals surface area (Å²) in [6, 6.07) is 12.8. The van der Waals surface area contributed by atoms with Gasteiger partial charge in [0, 0.05) is 29.5 Å². The van der Waals surface area contributed by atoms with Crippen molar-refractivity contribution in [1.82, 2.24) is 9.88 Å². The average Bonchev–Trinajstić information content (AvgIpc) is 3.26. The maximum atomic E-state index is 12.3. The first-order valence-electron chi connectivity index (χ1n) is 7.97. The number of carbonyl (C=O) groups is 1. The Bertz CT molecular complexity index is 946. The Kier molecular flexibility index (Phi) is 4.94. The molecule has 26 heavy (non-hydrogen) atoms. The molecule has 0 unspecified atom stereocenters. The van der Waals surface area contributed by atoms with E-state index in [2.05, 4.69) is 4.98 Å². The van der Waals surface area contributed by atoms with Crippen LogP contribution in [0.4, 0.5) is 0 Å². The normalized spacial score (nSPS) is 17.1. The lowest BCUT2D eigenvalue weighted by Gasteiger charge is -2.22. The van der Waals surface area contributed by atoms with Crippen LogP contribution in [0.15, 0.2) is 59.3 Å². The highest BCUT2D eigenvalue weighted by molar-refractivity contribution is 8.00. The summed E-state index contributed by atoms with van der Waals surface area (Å²) in [5, 5.41) is 0.984. The number of aromatic nitrogens is 1. The standard InChI is InChI=1S/C19H14Cl2N2O2S/c20-13-3-4-15(21)14(8-13)16-5-6-17(25-16)19-23(18(24)11-26-19)10-12-2-1-7-22-9-12/h1-9,19H,10-11H2/t19-/m1/s1. The van der Waals surface area contributed by atoms with Gasteiger partial charge in [0.1, 0.15) is 16.9 Å². The molecule has 1 saturated heterocycles. The molecule has 4 rings (SSSR count). The molecule has 0 N–H and O–H groups in total. The van der Waals surface area contributed by atoms with Crippen LogP contribution in [-0.2, 0) is 11.3 Å². The average molecular weight is 405 g/mol. The van der Waals surface area contributed by atoms with Gasteiger partial charge < -0.3 is 9.32 Å². The van der Waals surface area contributed by atoms with Gasteiger partial charge in [0.25, 0.3) is 0 Å². The van der Waals surface area contributed by atoms with Gasteiger partial charge in [0.2, 0.25) is 5.91 Å². The number of thioether (sulfide) groups is 1. The number of hydrogen-bond acceptors (Lipinski definition) is 4. The summed E-state index contributed by atoms with van der Waals surface area (Å²) < 4.78 is 6.03. The highest BCUT2D eigenvalue weighted by Gasteiger charge is 2.35. The number of benzene rings is 1. The van der Waals surface area contributed by atoms with Crippen molar-refractivity contribution in [3.05, 3.63) is 76.2 Å². The Morgan fingerprint density at radius 3 is 2.92 bits per heavy atom. The molecular weight excluding hydrogens is 391 g/mol. The van der Waals surface area contributed by atoms with E-state index in [-0.39, 0.29) is 11.3 Å². The Morgan fingerprint density at radius 2 is 2.12 bits per heavy atom. The fourth-order valence-electron chi connectivity index (χ4n) is 2.87. The van der Waals surface area contributed by atoms with Crippen molar-refractivity contribution in [3.63, 3.8) is 0 Å². The molecule has 1 fully saturated rings. The lowest BCUT2D eigenvalue weighted by Crippen LogP contribution is -2.27. The summed E-state index contributed by atoms with van der Waals surface area (Å²) in [4.78, 5) is 18.3. The maximum absolute atomic E-state index is 12.3. The number of halogens is 2. The summed E-state index contributed by atoms with van der Waals surface area (Å²) in [5.41, 5.74) is 1.72. The molecule has 0 saturated carbocycles. The lowest BCUT2D eigenvalue weighted by molar-refractivity contribution is -0.128. The third-order valence-corrected chi connectivity index (χ3v) is 5.89. The van der Waals surface area contributed by atoms with E-state index in [1.54, 1.807) is 42.4 Å². The first kappa shape index (κ1) is 17.5. The molecule has 0 spiro atoms. The first-order chi connectivity index (χ1) is 12.6. The van der Waals surface area contributed by atoms with Crippen LogP contribution in [-0.4, -0.2) is 21.5 Å². The maximum Gasteiger partial charge on any atom is 0.234 e. The van der Waals surface area contributed by atoms with Crippen LogP contribution in [0.1, 0.15) is 16.7 Å². The van der Waals surface area contributed by atoms with E-state index in [9.17, 15) is 4.79 Å². The minimum Gasteiger partial charge on any atom is -0.458 e. The van der Waals surface area contributed by atoms with E-state index in [1.807, 2.05) is 29.2 Å². The third kappa shape index (κ3) is 3.47. The molecule has 1 aromatic carbocycles. The number of furan rings is 1. The van der Waals surface area contributed by atoms with Crippen molar-refractivity contribution in [2.24, 2.45) is 0 Å². The van der Waals surface area contributed by atoms with E-state index < -0.39 is 0 Å². The molecule has 0 bridgehead atoms. The zero-order valence-corrected chi connectivity index (χ0v) is 15.9. The van der Waals surface area contributed by atoms with Crippen molar-refractivity contribution >= 4 is 40.9 Å². The second-order valence-corrected chi connectivity index (χ2v) is 7.78. The highest BCUT2D eigenvalue weighted by atomic mass is 35.5. The molecule has 0 radical (unpaired) electrons. The Hall–Kier alpha value is -1.95. The zero-order chi connectivity index (χ0) is 18.1. The highest BCUT2D eigenvalue weighted by Crippen LogP contribution is 2.42. The van der Waals surface area contributed by atoms with E-state index in [4.69, 9.17) is 27.6 Å². The molecule has 1 aliphatic rings. The van der Waals surface area contributed by atoms with Crippen molar-refractivity contribution in [1.29, 1.82) is 0 Å². The van der Waals surface area contributed by atoms with Crippen molar-refractivity contribution in [2.75, 3.05) is 5.75 Å². The van der Waals surface area contributed by atoms with Gasteiger partial charge in [-0.1, -0.05) is 29.3 Å². The van der Waals surface area contributed by atoms with Crippen LogP contribution < -0.4 is 0 Å². The molecule has 7 heteroatoms. The van der Waals surface area contributed by atoms with Crippen LogP contribution in [0.3, 0.4) is 0 Å². The molecule has 3 heterocycles. The quantitative estimate of drug-likeness (QED) is 0.581. The molecule has 4 nitrogen and oxygen atoms in total. The minimum absolute atomic E-state index is 0.0857. The predicted molar refractivity (Wildman–Crippen MR) is 104 cm³/mol. The molecule has 0 aliphatic carbocycles. The molecule has 132 valence electrons. The van der Waals surface area contributed by atoms with Crippen LogP contribution in [0.5, 0.6) is 0 Å². The lowest BCUT2D eigenvalue weighted by atomic mass is 10.2. The molecule has 2 aromatic heterocycles. The predicted octanol–water partition coefficient (Wildman–Crippen LogP) is 5.42. The Balaban J connectivity index is 1.61. The minimum atomic E-state index is -0.172. The summed E-state index contributed by atoms with van der Waals surface area (Å²) >= 11 is 13.9. The second kappa shape index (κ2) is 7.35. The van der Waals surface area contributed by atoms with Crippen LogP contribution >= 0.6 is 35.0 Å². The van der Waals surface area contributed by atoms with E-state index >= 15 is 0 Å². The number of pyridine rings is 1. The molecule has 1 atom stereocenters. The fraction of sp³-hybridized carbons (Fsp3) is 0.158. The van der Waals surface area contributed by atoms with E-state index in [0.717, 1.165) is 16.9 Å². The van der Waals surface area contributed by atoms with Gasteiger partial charge in [0.15, 0.2) is 0 Å².